The van der Waals surface area contributed by atoms with Crippen LogP contribution in [0, 0.1) is 0 Å². The summed E-state index contributed by atoms with van der Waals surface area (Å²) >= 11 is 1.07. The van der Waals surface area contributed by atoms with E-state index in [1.54, 1.807) is 0 Å². The zero-order valence-corrected chi connectivity index (χ0v) is 8.61. The van der Waals surface area contributed by atoms with Crippen molar-refractivity contribution in [3.05, 3.63) is 20.7 Å². The number of nitrogens with one attached hydrogen (secondary N) is 1. The smallest absolute Gasteiger partial charge is 0.339 e. The van der Waals surface area contributed by atoms with E-state index in [1.165, 1.54) is 11.7 Å². The maximum absolute atomic E-state index is 10.9. The Morgan fingerprint density at radius 1 is 1.73 bits per heavy atom. The predicted molar refractivity (Wildman–Crippen MR) is 54.2 cm³/mol. The van der Waals surface area contributed by atoms with E-state index >= 15 is 0 Å². The SMILES string of the molecule is Cn1[nH]c(=O)c(=O)nc1SCC(N)=NO. The topological polar surface area (TPSA) is 126 Å². The lowest BCUT2D eigenvalue weighted by Crippen LogP contribution is -2.34. The van der Waals surface area contributed by atoms with Crippen molar-refractivity contribution in [1.82, 2.24) is 14.8 Å². The molecule has 0 saturated heterocycles. The molecule has 9 heteroatoms. The van der Waals surface area contributed by atoms with Gasteiger partial charge in [0.15, 0.2) is 5.16 Å². The number of amidine groups is 1. The zero-order chi connectivity index (χ0) is 11.4. The predicted octanol–water partition coefficient (Wildman–Crippen LogP) is -1.69. The number of rotatable bonds is 3. The fraction of sp³-hybridized carbons (Fsp3) is 0.333. The first-order valence-corrected chi connectivity index (χ1v) is 4.79. The van der Waals surface area contributed by atoms with Crippen LogP contribution >= 0.6 is 11.8 Å². The van der Waals surface area contributed by atoms with E-state index < -0.39 is 11.1 Å². The molecule has 0 saturated carbocycles. The van der Waals surface area contributed by atoms with Crippen LogP contribution in [-0.2, 0) is 7.05 Å². The molecule has 4 N–H and O–H groups in total. The third-order valence-corrected chi connectivity index (χ3v) is 2.49. The van der Waals surface area contributed by atoms with Crippen molar-refractivity contribution in [3.63, 3.8) is 0 Å². The van der Waals surface area contributed by atoms with E-state index in [2.05, 4.69) is 15.2 Å². The third kappa shape index (κ3) is 2.84. The van der Waals surface area contributed by atoms with Crippen molar-refractivity contribution >= 4 is 17.6 Å². The van der Waals surface area contributed by atoms with E-state index in [1.807, 2.05) is 0 Å². The summed E-state index contributed by atoms with van der Waals surface area (Å²) < 4.78 is 1.29. The molecule has 82 valence electrons. The van der Waals surface area contributed by atoms with Gasteiger partial charge in [0.1, 0.15) is 5.84 Å². The minimum Gasteiger partial charge on any atom is -0.409 e. The van der Waals surface area contributed by atoms with Crippen LogP contribution in [-0.4, -0.2) is 31.6 Å². The fourth-order valence-electron chi connectivity index (χ4n) is 0.757. The van der Waals surface area contributed by atoms with Crippen LogP contribution < -0.4 is 16.9 Å². The van der Waals surface area contributed by atoms with Gasteiger partial charge in [-0.3, -0.25) is 19.4 Å². The molecule has 0 fully saturated rings. The lowest BCUT2D eigenvalue weighted by Gasteiger charge is -2.04. The van der Waals surface area contributed by atoms with Crippen molar-refractivity contribution in [1.29, 1.82) is 0 Å². The molecule has 0 bridgehead atoms. The van der Waals surface area contributed by atoms with Gasteiger partial charge in [0, 0.05) is 7.05 Å². The molecule has 1 rings (SSSR count). The van der Waals surface area contributed by atoms with E-state index in [0.717, 1.165) is 11.8 Å². The maximum atomic E-state index is 10.9. The summed E-state index contributed by atoms with van der Waals surface area (Å²) in [4.78, 5) is 25.3. The molecule has 0 aliphatic heterocycles. The van der Waals surface area contributed by atoms with Gasteiger partial charge in [-0.05, 0) is 0 Å². The zero-order valence-electron chi connectivity index (χ0n) is 7.80. The van der Waals surface area contributed by atoms with Crippen LogP contribution in [0.25, 0.3) is 0 Å². The molecular weight excluding hydrogens is 222 g/mol. The summed E-state index contributed by atoms with van der Waals surface area (Å²) in [5, 5.41) is 13.6. The number of nitrogens with two attached hydrogens (primary N) is 1. The minimum absolute atomic E-state index is 0.000416. The summed E-state index contributed by atoms with van der Waals surface area (Å²) in [6.45, 7) is 0. The Kier molecular flexibility index (Phi) is 3.50. The van der Waals surface area contributed by atoms with Gasteiger partial charge < -0.3 is 10.9 Å². The Balaban J connectivity index is 2.92. The molecular formula is C6H9N5O3S. The maximum Gasteiger partial charge on any atom is 0.339 e. The van der Waals surface area contributed by atoms with Crippen molar-refractivity contribution in [2.24, 2.45) is 17.9 Å². The summed E-state index contributed by atoms with van der Waals surface area (Å²) in [5.41, 5.74) is 3.58. The summed E-state index contributed by atoms with van der Waals surface area (Å²) in [6.07, 6.45) is 0. The largest absolute Gasteiger partial charge is 0.409 e. The second-order valence-corrected chi connectivity index (χ2v) is 3.52. The third-order valence-electron chi connectivity index (χ3n) is 1.43. The number of hydrogen-bond donors (Lipinski definition) is 3. The standard InChI is InChI=1S/C6H9N5O3S/c1-11-6(15-2-3(7)10-14)8-4(12)5(13)9-11/h14H,2H2,1H3,(H2,7,10)(H,9,13). The number of thioether (sulfide) groups is 1. The summed E-state index contributed by atoms with van der Waals surface area (Å²) in [5.74, 6) is 0.170. The van der Waals surface area contributed by atoms with Gasteiger partial charge in [-0.15, -0.1) is 0 Å². The number of aromatic amines is 1. The highest BCUT2D eigenvalue weighted by Gasteiger charge is 2.05. The monoisotopic (exact) mass is 231 g/mol. The van der Waals surface area contributed by atoms with Gasteiger partial charge in [-0.2, -0.15) is 4.98 Å². The molecule has 0 aromatic carbocycles. The van der Waals surface area contributed by atoms with Crippen molar-refractivity contribution in [2.45, 2.75) is 5.16 Å². The molecule has 0 aliphatic carbocycles. The average molecular weight is 231 g/mol. The number of aryl methyl sites for hydroxylation is 1. The molecule has 0 spiro atoms. The number of H-pyrrole nitrogens is 1. The van der Waals surface area contributed by atoms with Gasteiger partial charge >= 0.3 is 11.1 Å². The molecule has 1 aromatic rings. The van der Waals surface area contributed by atoms with Gasteiger partial charge in [0.05, 0.1) is 5.75 Å². The number of nitrogens with zero attached hydrogens (tertiary/aromatic N) is 3. The van der Waals surface area contributed by atoms with Crippen LogP contribution in [0.4, 0.5) is 0 Å². The Labute approximate surface area is 87.8 Å². The summed E-state index contributed by atoms with van der Waals surface area (Å²) in [7, 11) is 1.53. The average Bonchev–Trinajstić information content (AvgIpc) is 2.21. The second-order valence-electron chi connectivity index (χ2n) is 2.58. The second kappa shape index (κ2) is 4.64. The number of aromatic nitrogens is 3. The highest BCUT2D eigenvalue weighted by molar-refractivity contribution is 7.99. The number of hydrogen-bond acceptors (Lipinski definition) is 6. The Morgan fingerprint density at radius 3 is 3.00 bits per heavy atom. The Bertz CT molecular complexity index is 490. The van der Waals surface area contributed by atoms with Gasteiger partial charge in [0.25, 0.3) is 0 Å². The highest BCUT2D eigenvalue weighted by atomic mass is 32.2. The van der Waals surface area contributed by atoms with Crippen LogP contribution in [0.3, 0.4) is 0 Å². The lowest BCUT2D eigenvalue weighted by molar-refractivity contribution is 0.318. The van der Waals surface area contributed by atoms with Crippen LogP contribution in [0.15, 0.2) is 19.9 Å². The quantitative estimate of drug-likeness (QED) is 0.142. The molecule has 0 radical (unpaired) electrons. The molecule has 1 aromatic heterocycles. The van der Waals surface area contributed by atoms with Crippen LogP contribution in [0.2, 0.25) is 0 Å². The first-order chi connectivity index (χ1) is 7.04. The first kappa shape index (κ1) is 11.3. The van der Waals surface area contributed by atoms with E-state index in [-0.39, 0.29) is 16.7 Å². The van der Waals surface area contributed by atoms with E-state index in [9.17, 15) is 9.59 Å². The minimum atomic E-state index is -0.866. The van der Waals surface area contributed by atoms with E-state index in [4.69, 9.17) is 10.9 Å². The van der Waals surface area contributed by atoms with Crippen LogP contribution in [0.5, 0.6) is 0 Å². The van der Waals surface area contributed by atoms with Gasteiger partial charge in [0.2, 0.25) is 0 Å². The summed E-state index contributed by atoms with van der Waals surface area (Å²) in [6, 6.07) is 0. The van der Waals surface area contributed by atoms with Gasteiger partial charge in [-0.25, -0.2) is 0 Å². The van der Waals surface area contributed by atoms with E-state index in [0.29, 0.717) is 0 Å². The Hall–Kier alpha value is -1.77. The van der Waals surface area contributed by atoms with Crippen molar-refractivity contribution in [2.75, 3.05) is 5.75 Å². The molecule has 0 atom stereocenters. The molecule has 0 aliphatic rings. The molecule has 1 heterocycles. The first-order valence-electron chi connectivity index (χ1n) is 3.81. The van der Waals surface area contributed by atoms with Gasteiger partial charge in [-0.1, -0.05) is 16.9 Å². The fourth-order valence-corrected chi connectivity index (χ4v) is 1.48. The highest BCUT2D eigenvalue weighted by Crippen LogP contribution is 2.09. The normalized spacial score (nSPS) is 11.7. The molecule has 15 heavy (non-hydrogen) atoms. The van der Waals surface area contributed by atoms with Crippen molar-refractivity contribution < 1.29 is 5.21 Å². The molecule has 0 unspecified atom stereocenters. The number of oxime groups is 1. The molecule has 0 amide bonds. The Morgan fingerprint density at radius 2 is 2.40 bits per heavy atom. The van der Waals surface area contributed by atoms with Crippen LogP contribution in [0.1, 0.15) is 0 Å². The van der Waals surface area contributed by atoms with Crippen molar-refractivity contribution in [3.8, 4) is 0 Å². The lowest BCUT2D eigenvalue weighted by atomic mass is 10.7. The molecule has 8 nitrogen and oxygen atoms in total.